The van der Waals surface area contributed by atoms with E-state index in [1.807, 2.05) is 0 Å². The highest BCUT2D eigenvalue weighted by Gasteiger charge is 2.24. The summed E-state index contributed by atoms with van der Waals surface area (Å²) in [6, 6.07) is 13.3. The number of halogens is 2. The van der Waals surface area contributed by atoms with Crippen molar-refractivity contribution in [1.82, 2.24) is 9.88 Å². The standard InChI is InChI=1S/C22H22F2N2O2/c23-17-7-5-16(6-8-17)14-26(18-9-11-27-12-10-18)15-22-25-13-21(28-22)19-3-1-2-4-20(19)24/h1-8,13,18H,9-12,14-15H2. The molecule has 0 unspecified atom stereocenters. The van der Waals surface area contributed by atoms with Gasteiger partial charge in [0.15, 0.2) is 5.76 Å². The zero-order valence-corrected chi connectivity index (χ0v) is 15.5. The number of rotatable bonds is 6. The molecular weight excluding hydrogens is 362 g/mol. The van der Waals surface area contributed by atoms with Gasteiger partial charge in [-0.3, -0.25) is 4.90 Å². The Labute approximate surface area is 162 Å². The summed E-state index contributed by atoms with van der Waals surface area (Å²) in [5, 5.41) is 0. The van der Waals surface area contributed by atoms with Crippen molar-refractivity contribution in [2.45, 2.75) is 32.0 Å². The molecule has 6 heteroatoms. The maximum Gasteiger partial charge on any atom is 0.209 e. The van der Waals surface area contributed by atoms with Gasteiger partial charge in [0.2, 0.25) is 5.89 Å². The summed E-state index contributed by atoms with van der Waals surface area (Å²) >= 11 is 0. The zero-order chi connectivity index (χ0) is 19.3. The first-order valence-corrected chi connectivity index (χ1v) is 9.45. The molecule has 0 aliphatic carbocycles. The molecule has 146 valence electrons. The molecule has 1 fully saturated rings. The lowest BCUT2D eigenvalue weighted by Gasteiger charge is -2.33. The highest BCUT2D eigenvalue weighted by Crippen LogP contribution is 2.25. The topological polar surface area (TPSA) is 38.5 Å². The smallest absolute Gasteiger partial charge is 0.209 e. The molecule has 3 aromatic rings. The lowest BCUT2D eigenvalue weighted by atomic mass is 10.1. The van der Waals surface area contributed by atoms with Crippen molar-refractivity contribution in [2.75, 3.05) is 13.2 Å². The molecule has 0 saturated carbocycles. The number of hydrogen-bond donors (Lipinski definition) is 0. The number of oxazole rings is 1. The first kappa shape index (κ1) is 18.8. The summed E-state index contributed by atoms with van der Waals surface area (Å²) in [7, 11) is 0. The summed E-state index contributed by atoms with van der Waals surface area (Å²) in [6.07, 6.45) is 3.40. The molecule has 2 aromatic carbocycles. The number of aromatic nitrogens is 1. The third-order valence-corrected chi connectivity index (χ3v) is 5.04. The summed E-state index contributed by atoms with van der Waals surface area (Å²) in [5.41, 5.74) is 1.42. The number of nitrogens with zero attached hydrogens (tertiary/aromatic N) is 2. The third kappa shape index (κ3) is 4.46. The highest BCUT2D eigenvalue weighted by atomic mass is 19.1. The van der Waals surface area contributed by atoms with Crippen molar-refractivity contribution < 1.29 is 17.9 Å². The van der Waals surface area contributed by atoms with Gasteiger partial charge in [-0.1, -0.05) is 24.3 Å². The second-order valence-electron chi connectivity index (χ2n) is 6.97. The molecule has 1 aliphatic heterocycles. The van der Waals surface area contributed by atoms with Gasteiger partial charge < -0.3 is 9.15 Å². The Morgan fingerprint density at radius 3 is 2.46 bits per heavy atom. The fourth-order valence-electron chi connectivity index (χ4n) is 3.53. The van der Waals surface area contributed by atoms with Crippen LogP contribution in [0.4, 0.5) is 8.78 Å². The lowest BCUT2D eigenvalue weighted by molar-refractivity contribution is 0.0247. The number of hydrogen-bond acceptors (Lipinski definition) is 4. The number of benzene rings is 2. The summed E-state index contributed by atoms with van der Waals surface area (Å²) in [4.78, 5) is 6.63. The van der Waals surface area contributed by atoms with Gasteiger partial charge >= 0.3 is 0 Å². The number of ether oxygens (including phenoxy) is 1. The first-order valence-electron chi connectivity index (χ1n) is 9.45. The normalized spacial score (nSPS) is 15.2. The van der Waals surface area contributed by atoms with Crippen LogP contribution in [0.5, 0.6) is 0 Å². The van der Waals surface area contributed by atoms with Crippen LogP contribution >= 0.6 is 0 Å². The van der Waals surface area contributed by atoms with Gasteiger partial charge in [-0.25, -0.2) is 13.8 Å². The first-order chi connectivity index (χ1) is 13.7. The van der Waals surface area contributed by atoms with Crippen molar-refractivity contribution >= 4 is 0 Å². The summed E-state index contributed by atoms with van der Waals surface area (Å²) < 4.78 is 38.6. The van der Waals surface area contributed by atoms with E-state index in [9.17, 15) is 8.78 Å². The molecule has 1 saturated heterocycles. The van der Waals surface area contributed by atoms with E-state index in [1.165, 1.54) is 18.2 Å². The monoisotopic (exact) mass is 384 g/mol. The lowest BCUT2D eigenvalue weighted by Crippen LogP contribution is -2.38. The maximum atomic E-state index is 14.0. The molecular formula is C22H22F2N2O2. The predicted octanol–water partition coefficient (Wildman–Crippen LogP) is 4.80. The molecule has 28 heavy (non-hydrogen) atoms. The van der Waals surface area contributed by atoms with Crippen molar-refractivity contribution in [3.63, 3.8) is 0 Å². The van der Waals surface area contributed by atoms with E-state index < -0.39 is 0 Å². The van der Waals surface area contributed by atoms with Crippen LogP contribution in [-0.2, 0) is 17.8 Å². The summed E-state index contributed by atoms with van der Waals surface area (Å²) in [6.45, 7) is 2.59. The zero-order valence-electron chi connectivity index (χ0n) is 15.5. The molecule has 1 aliphatic rings. The van der Waals surface area contributed by atoms with Crippen LogP contribution in [-0.4, -0.2) is 29.1 Å². The molecule has 1 aromatic heterocycles. The van der Waals surface area contributed by atoms with E-state index in [1.54, 1.807) is 36.5 Å². The Bertz CT molecular complexity index is 905. The van der Waals surface area contributed by atoms with E-state index in [2.05, 4.69) is 9.88 Å². The van der Waals surface area contributed by atoms with Crippen molar-refractivity contribution in [3.8, 4) is 11.3 Å². The molecule has 4 rings (SSSR count). The minimum atomic E-state index is -0.335. The van der Waals surface area contributed by atoms with Crippen LogP contribution in [0.3, 0.4) is 0 Å². The maximum absolute atomic E-state index is 14.0. The van der Waals surface area contributed by atoms with Crippen molar-refractivity contribution in [3.05, 3.63) is 77.8 Å². The van der Waals surface area contributed by atoms with Crippen LogP contribution in [0, 0.1) is 11.6 Å². The van der Waals surface area contributed by atoms with Crippen molar-refractivity contribution in [1.29, 1.82) is 0 Å². The van der Waals surface area contributed by atoms with Crippen molar-refractivity contribution in [2.24, 2.45) is 0 Å². The summed E-state index contributed by atoms with van der Waals surface area (Å²) in [5.74, 6) is 0.370. The quantitative estimate of drug-likeness (QED) is 0.612. The van der Waals surface area contributed by atoms with E-state index in [0.717, 1.165) is 31.6 Å². The van der Waals surface area contributed by atoms with Crippen LogP contribution < -0.4 is 0 Å². The van der Waals surface area contributed by atoms with Gasteiger partial charge in [-0.2, -0.15) is 0 Å². The van der Waals surface area contributed by atoms with Crippen LogP contribution in [0.1, 0.15) is 24.3 Å². The van der Waals surface area contributed by atoms with Gasteiger partial charge in [-0.05, 0) is 42.7 Å². The minimum absolute atomic E-state index is 0.247. The Balaban J connectivity index is 1.53. The third-order valence-electron chi connectivity index (χ3n) is 5.04. The van der Waals surface area contributed by atoms with Gasteiger partial charge in [0.1, 0.15) is 11.6 Å². The van der Waals surface area contributed by atoms with Crippen LogP contribution in [0.2, 0.25) is 0 Å². The molecule has 2 heterocycles. The average molecular weight is 384 g/mol. The molecule has 0 spiro atoms. The van der Waals surface area contributed by atoms with E-state index >= 15 is 0 Å². The molecule has 0 N–H and O–H groups in total. The van der Waals surface area contributed by atoms with Gasteiger partial charge in [0.25, 0.3) is 0 Å². The fraction of sp³-hybridized carbons (Fsp3) is 0.318. The molecule has 0 radical (unpaired) electrons. The average Bonchev–Trinajstić information content (AvgIpc) is 3.18. The van der Waals surface area contributed by atoms with Crippen LogP contribution in [0.15, 0.2) is 59.1 Å². The van der Waals surface area contributed by atoms with E-state index in [-0.39, 0.29) is 11.6 Å². The highest BCUT2D eigenvalue weighted by molar-refractivity contribution is 5.56. The molecule has 0 atom stereocenters. The van der Waals surface area contributed by atoms with Crippen LogP contribution in [0.25, 0.3) is 11.3 Å². The largest absolute Gasteiger partial charge is 0.439 e. The predicted molar refractivity (Wildman–Crippen MR) is 101 cm³/mol. The Hall–Kier alpha value is -2.57. The molecule has 0 amide bonds. The van der Waals surface area contributed by atoms with Gasteiger partial charge in [-0.15, -0.1) is 0 Å². The van der Waals surface area contributed by atoms with E-state index in [0.29, 0.717) is 36.3 Å². The second-order valence-corrected chi connectivity index (χ2v) is 6.97. The second kappa shape index (κ2) is 8.63. The molecule has 4 nitrogen and oxygen atoms in total. The van der Waals surface area contributed by atoms with Gasteiger partial charge in [0, 0.05) is 25.8 Å². The SMILES string of the molecule is Fc1ccc(CN(Cc2ncc(-c3ccccc3F)o2)C2CCOCC2)cc1. The molecule has 0 bridgehead atoms. The fourth-order valence-corrected chi connectivity index (χ4v) is 3.53. The Kier molecular flexibility index (Phi) is 5.78. The Morgan fingerprint density at radius 2 is 1.71 bits per heavy atom. The van der Waals surface area contributed by atoms with E-state index in [4.69, 9.17) is 9.15 Å². The minimum Gasteiger partial charge on any atom is -0.439 e. The Morgan fingerprint density at radius 1 is 0.964 bits per heavy atom. The van der Waals surface area contributed by atoms with Gasteiger partial charge in [0.05, 0.1) is 18.3 Å².